The van der Waals surface area contributed by atoms with Crippen molar-refractivity contribution in [2.75, 3.05) is 18.8 Å². The van der Waals surface area contributed by atoms with Crippen molar-refractivity contribution in [3.8, 4) is 6.07 Å². The van der Waals surface area contributed by atoms with Gasteiger partial charge in [0.2, 0.25) is 10.0 Å². The molecule has 0 aliphatic carbocycles. The minimum atomic E-state index is -3.30. The molecule has 1 aliphatic heterocycles. The van der Waals surface area contributed by atoms with Crippen LogP contribution in [0.2, 0.25) is 0 Å². The molecule has 80 valence electrons. The van der Waals surface area contributed by atoms with E-state index < -0.39 is 10.0 Å². The fourth-order valence-corrected chi connectivity index (χ4v) is 2.98. The van der Waals surface area contributed by atoms with Crippen molar-refractivity contribution in [3.05, 3.63) is 0 Å². The van der Waals surface area contributed by atoms with Crippen molar-refractivity contribution < 1.29 is 8.42 Å². The lowest BCUT2D eigenvalue weighted by Crippen LogP contribution is -2.40. The van der Waals surface area contributed by atoms with Crippen LogP contribution in [0.4, 0.5) is 0 Å². The molecule has 0 saturated carbocycles. The Hall–Kier alpha value is -0.600. The Bertz CT molecular complexity index is 318. The smallest absolute Gasteiger partial charge is 0.211 e. The first-order valence-electron chi connectivity index (χ1n) is 4.95. The number of nitriles is 1. The number of piperidine rings is 1. The van der Waals surface area contributed by atoms with Gasteiger partial charge in [0.15, 0.2) is 5.75 Å². The molecule has 1 fully saturated rings. The molecule has 0 aromatic heterocycles. The highest BCUT2D eigenvalue weighted by Gasteiger charge is 2.27. The first-order chi connectivity index (χ1) is 6.60. The second kappa shape index (κ2) is 4.76. The van der Waals surface area contributed by atoms with Crippen LogP contribution in [0.3, 0.4) is 0 Å². The minimum Gasteiger partial charge on any atom is -0.211 e. The van der Waals surface area contributed by atoms with E-state index in [1.54, 1.807) is 6.07 Å². The van der Waals surface area contributed by atoms with Crippen LogP contribution in [0, 0.1) is 17.2 Å². The van der Waals surface area contributed by atoms with Gasteiger partial charge in [-0.15, -0.1) is 0 Å². The third kappa shape index (κ3) is 2.69. The highest BCUT2D eigenvalue weighted by atomic mass is 32.2. The number of nitrogens with zero attached hydrogens (tertiary/aromatic N) is 2. The van der Waals surface area contributed by atoms with E-state index in [0.29, 0.717) is 19.0 Å². The molecule has 0 bridgehead atoms. The lowest BCUT2D eigenvalue weighted by atomic mass is 9.97. The number of hydrogen-bond donors (Lipinski definition) is 0. The van der Waals surface area contributed by atoms with Crippen LogP contribution in [0.25, 0.3) is 0 Å². The molecule has 0 amide bonds. The zero-order valence-corrected chi connectivity index (χ0v) is 9.26. The van der Waals surface area contributed by atoms with Gasteiger partial charge < -0.3 is 0 Å². The van der Waals surface area contributed by atoms with E-state index in [2.05, 4.69) is 6.92 Å². The maximum absolute atomic E-state index is 11.6. The topological polar surface area (TPSA) is 61.2 Å². The molecule has 0 spiro atoms. The van der Waals surface area contributed by atoms with Crippen molar-refractivity contribution >= 4 is 10.0 Å². The second-order valence-electron chi connectivity index (χ2n) is 3.69. The molecule has 1 aliphatic rings. The maximum atomic E-state index is 11.6. The van der Waals surface area contributed by atoms with Gasteiger partial charge in [-0.3, -0.25) is 0 Å². The summed E-state index contributed by atoms with van der Waals surface area (Å²) in [6.07, 6.45) is 3.04. The lowest BCUT2D eigenvalue weighted by molar-refractivity contribution is 0.262. The summed E-state index contributed by atoms with van der Waals surface area (Å²) >= 11 is 0. The van der Waals surface area contributed by atoms with Crippen molar-refractivity contribution in [2.45, 2.75) is 26.2 Å². The minimum absolute atomic E-state index is 0.385. The van der Waals surface area contributed by atoms with Gasteiger partial charge in [0.1, 0.15) is 0 Å². The summed E-state index contributed by atoms with van der Waals surface area (Å²) in [6, 6.07) is 1.71. The molecule has 4 nitrogen and oxygen atoms in total. The monoisotopic (exact) mass is 216 g/mol. The van der Waals surface area contributed by atoms with Crippen LogP contribution in [0.15, 0.2) is 0 Å². The average molecular weight is 216 g/mol. The van der Waals surface area contributed by atoms with E-state index in [4.69, 9.17) is 5.26 Å². The fraction of sp³-hybridized carbons (Fsp3) is 0.889. The van der Waals surface area contributed by atoms with Crippen LogP contribution >= 0.6 is 0 Å². The average Bonchev–Trinajstić information content (AvgIpc) is 2.18. The Balaban J connectivity index is 2.65. The van der Waals surface area contributed by atoms with Crippen LogP contribution in [-0.2, 0) is 10.0 Å². The summed E-state index contributed by atoms with van der Waals surface area (Å²) < 4.78 is 24.6. The van der Waals surface area contributed by atoms with Gasteiger partial charge in [0, 0.05) is 13.1 Å². The Morgan fingerprint density at radius 3 is 2.86 bits per heavy atom. The highest BCUT2D eigenvalue weighted by molar-refractivity contribution is 7.89. The standard InChI is InChI=1S/C9H16N2O2S/c1-2-9-4-3-6-11(8-9)14(12,13)7-5-10/h9H,2-4,6-8H2,1H3. The van der Waals surface area contributed by atoms with E-state index in [9.17, 15) is 8.42 Å². The molecule has 0 aromatic carbocycles. The van der Waals surface area contributed by atoms with Crippen molar-refractivity contribution in [3.63, 3.8) is 0 Å². The normalized spacial score (nSPS) is 24.4. The molecule has 1 heterocycles. The predicted molar refractivity (Wildman–Crippen MR) is 54.0 cm³/mol. The predicted octanol–water partition coefficient (Wildman–Crippen LogP) is 0.962. The van der Waals surface area contributed by atoms with Crippen molar-refractivity contribution in [1.82, 2.24) is 4.31 Å². The molecule has 0 N–H and O–H groups in total. The van der Waals surface area contributed by atoms with Gasteiger partial charge in [0.25, 0.3) is 0 Å². The van der Waals surface area contributed by atoms with Crippen LogP contribution < -0.4 is 0 Å². The van der Waals surface area contributed by atoms with Crippen LogP contribution in [0.1, 0.15) is 26.2 Å². The quantitative estimate of drug-likeness (QED) is 0.706. The molecular formula is C9H16N2O2S. The van der Waals surface area contributed by atoms with Gasteiger partial charge in [-0.1, -0.05) is 13.3 Å². The summed E-state index contributed by atoms with van der Waals surface area (Å²) in [5.41, 5.74) is 0. The van der Waals surface area contributed by atoms with E-state index in [1.165, 1.54) is 4.31 Å². The van der Waals surface area contributed by atoms with Gasteiger partial charge in [-0.25, -0.2) is 12.7 Å². The Labute approximate surface area is 85.6 Å². The number of sulfonamides is 1. The lowest BCUT2D eigenvalue weighted by Gasteiger charge is -2.30. The number of hydrogen-bond acceptors (Lipinski definition) is 3. The van der Waals surface area contributed by atoms with Crippen molar-refractivity contribution in [2.24, 2.45) is 5.92 Å². The van der Waals surface area contributed by atoms with E-state index in [-0.39, 0.29) is 5.75 Å². The molecule has 5 heteroatoms. The molecule has 14 heavy (non-hydrogen) atoms. The largest absolute Gasteiger partial charge is 0.227 e. The molecule has 0 radical (unpaired) electrons. The SMILES string of the molecule is CCC1CCCN(S(=O)(=O)CC#N)C1. The summed E-state index contributed by atoms with van der Waals surface area (Å²) in [6.45, 7) is 3.26. The third-order valence-corrected chi connectivity index (χ3v) is 4.31. The summed E-state index contributed by atoms with van der Waals surface area (Å²) in [5.74, 6) is 0.0842. The first-order valence-corrected chi connectivity index (χ1v) is 6.56. The molecule has 1 unspecified atom stereocenters. The summed E-state index contributed by atoms with van der Waals surface area (Å²) in [4.78, 5) is 0. The first kappa shape index (κ1) is 11.5. The zero-order chi connectivity index (χ0) is 10.6. The van der Waals surface area contributed by atoms with Gasteiger partial charge in [-0.2, -0.15) is 5.26 Å². The van der Waals surface area contributed by atoms with Crippen LogP contribution in [-0.4, -0.2) is 31.6 Å². The maximum Gasteiger partial charge on any atom is 0.227 e. The Morgan fingerprint density at radius 1 is 1.57 bits per heavy atom. The van der Waals surface area contributed by atoms with Crippen molar-refractivity contribution in [1.29, 1.82) is 5.26 Å². The Morgan fingerprint density at radius 2 is 2.29 bits per heavy atom. The van der Waals surface area contributed by atoms with Gasteiger partial charge in [-0.05, 0) is 18.8 Å². The fourth-order valence-electron chi connectivity index (χ4n) is 1.79. The molecule has 0 aromatic rings. The highest BCUT2D eigenvalue weighted by Crippen LogP contribution is 2.21. The number of rotatable bonds is 3. The molecular weight excluding hydrogens is 200 g/mol. The molecule has 1 atom stereocenters. The second-order valence-corrected chi connectivity index (χ2v) is 5.66. The van der Waals surface area contributed by atoms with Gasteiger partial charge >= 0.3 is 0 Å². The Kier molecular flexibility index (Phi) is 3.90. The summed E-state index contributed by atoms with van der Waals surface area (Å²) in [7, 11) is -3.30. The molecule has 1 saturated heterocycles. The zero-order valence-electron chi connectivity index (χ0n) is 8.44. The summed E-state index contributed by atoms with van der Waals surface area (Å²) in [5, 5.41) is 8.40. The van der Waals surface area contributed by atoms with Crippen LogP contribution in [0.5, 0.6) is 0 Å². The van der Waals surface area contributed by atoms with Gasteiger partial charge in [0.05, 0.1) is 6.07 Å². The van der Waals surface area contributed by atoms with E-state index >= 15 is 0 Å². The van der Waals surface area contributed by atoms with E-state index in [0.717, 1.165) is 19.3 Å². The molecule has 1 rings (SSSR count). The van der Waals surface area contributed by atoms with E-state index in [1.807, 2.05) is 0 Å². The third-order valence-electron chi connectivity index (χ3n) is 2.70.